The standard InChI is InChI=1S/C20H30N2O2/c1-15-6-7-19(20(12-15)24-14-18-5-3-11-23-18)21-16-8-10-22-9-2-4-17(22)13-16/h6-7,12,16-18,21H,2-5,8-11,13-14H2,1H3/t16-,17-,18-/m1/s1. The highest BCUT2D eigenvalue weighted by molar-refractivity contribution is 5.58. The van der Waals surface area contributed by atoms with Crippen molar-refractivity contribution >= 4 is 5.69 Å². The minimum Gasteiger partial charge on any atom is -0.489 e. The second-order valence-electron chi connectivity index (χ2n) is 7.64. The van der Waals surface area contributed by atoms with Crippen LogP contribution in [0.2, 0.25) is 0 Å². The van der Waals surface area contributed by atoms with Gasteiger partial charge in [-0.2, -0.15) is 0 Å². The monoisotopic (exact) mass is 330 g/mol. The largest absolute Gasteiger partial charge is 0.489 e. The Morgan fingerprint density at radius 1 is 1.21 bits per heavy atom. The number of hydrogen-bond acceptors (Lipinski definition) is 4. The minimum absolute atomic E-state index is 0.264. The maximum absolute atomic E-state index is 6.13. The first-order valence-electron chi connectivity index (χ1n) is 9.63. The van der Waals surface area contributed by atoms with Gasteiger partial charge >= 0.3 is 0 Å². The molecule has 0 aromatic heterocycles. The Labute approximate surface area is 145 Å². The highest BCUT2D eigenvalue weighted by Gasteiger charge is 2.31. The molecule has 4 heteroatoms. The fraction of sp³-hybridized carbons (Fsp3) is 0.700. The molecule has 24 heavy (non-hydrogen) atoms. The summed E-state index contributed by atoms with van der Waals surface area (Å²) < 4.78 is 11.8. The number of nitrogens with one attached hydrogen (secondary N) is 1. The third kappa shape index (κ3) is 3.70. The molecule has 4 nitrogen and oxygen atoms in total. The van der Waals surface area contributed by atoms with Crippen molar-refractivity contribution in [1.82, 2.24) is 4.90 Å². The highest BCUT2D eigenvalue weighted by Crippen LogP contribution is 2.32. The lowest BCUT2D eigenvalue weighted by atomic mass is 9.97. The van der Waals surface area contributed by atoms with E-state index in [1.54, 1.807) is 0 Å². The average Bonchev–Trinajstić information content (AvgIpc) is 3.25. The van der Waals surface area contributed by atoms with Crippen LogP contribution in [0.25, 0.3) is 0 Å². The fourth-order valence-corrected chi connectivity index (χ4v) is 4.40. The van der Waals surface area contributed by atoms with Crippen LogP contribution in [-0.4, -0.2) is 49.4 Å². The van der Waals surface area contributed by atoms with Gasteiger partial charge in [-0.05, 0) is 69.7 Å². The zero-order valence-electron chi connectivity index (χ0n) is 14.8. The maximum atomic E-state index is 6.13. The van der Waals surface area contributed by atoms with Gasteiger partial charge in [0.25, 0.3) is 0 Å². The van der Waals surface area contributed by atoms with Crippen molar-refractivity contribution in [3.8, 4) is 5.75 Å². The summed E-state index contributed by atoms with van der Waals surface area (Å²) in [6.45, 7) is 6.21. The lowest BCUT2D eigenvalue weighted by Gasteiger charge is -2.35. The average molecular weight is 330 g/mol. The van der Waals surface area contributed by atoms with Crippen molar-refractivity contribution in [2.24, 2.45) is 0 Å². The minimum atomic E-state index is 0.264. The summed E-state index contributed by atoms with van der Waals surface area (Å²) in [6, 6.07) is 7.87. The molecule has 0 radical (unpaired) electrons. The zero-order chi connectivity index (χ0) is 16.4. The zero-order valence-corrected chi connectivity index (χ0v) is 14.8. The SMILES string of the molecule is Cc1ccc(N[C@@H]2CCN3CCC[C@@H]3C2)c(OC[C@H]2CCCO2)c1. The van der Waals surface area contributed by atoms with Gasteiger partial charge in [-0.15, -0.1) is 0 Å². The third-order valence-electron chi connectivity index (χ3n) is 5.77. The number of rotatable bonds is 5. The van der Waals surface area contributed by atoms with Crippen LogP contribution in [-0.2, 0) is 4.74 Å². The summed E-state index contributed by atoms with van der Waals surface area (Å²) in [7, 11) is 0. The molecular formula is C20H30N2O2. The Morgan fingerprint density at radius 3 is 3.04 bits per heavy atom. The Balaban J connectivity index is 1.40. The van der Waals surface area contributed by atoms with Gasteiger partial charge in [-0.3, -0.25) is 0 Å². The number of hydrogen-bond donors (Lipinski definition) is 1. The molecule has 3 fully saturated rings. The van der Waals surface area contributed by atoms with E-state index < -0.39 is 0 Å². The van der Waals surface area contributed by atoms with E-state index in [0.717, 1.165) is 36.9 Å². The van der Waals surface area contributed by atoms with Gasteiger partial charge in [0.05, 0.1) is 11.8 Å². The van der Waals surface area contributed by atoms with Crippen molar-refractivity contribution in [3.05, 3.63) is 23.8 Å². The maximum Gasteiger partial charge on any atom is 0.142 e. The molecule has 0 saturated carbocycles. The molecule has 3 aliphatic heterocycles. The molecule has 3 atom stereocenters. The number of fused-ring (bicyclic) bond motifs is 1. The van der Waals surface area contributed by atoms with Gasteiger partial charge in [-0.25, -0.2) is 0 Å². The molecule has 0 spiro atoms. The van der Waals surface area contributed by atoms with Crippen LogP contribution < -0.4 is 10.1 Å². The first kappa shape index (κ1) is 16.2. The molecule has 0 bridgehead atoms. The number of ether oxygens (including phenoxy) is 2. The van der Waals surface area contributed by atoms with Gasteiger partial charge in [0.2, 0.25) is 0 Å². The van der Waals surface area contributed by atoms with E-state index in [1.807, 2.05) is 0 Å². The van der Waals surface area contributed by atoms with Crippen LogP contribution in [0.1, 0.15) is 44.1 Å². The van der Waals surface area contributed by atoms with Crippen LogP contribution in [0.4, 0.5) is 5.69 Å². The fourth-order valence-electron chi connectivity index (χ4n) is 4.40. The second-order valence-corrected chi connectivity index (χ2v) is 7.64. The third-order valence-corrected chi connectivity index (χ3v) is 5.77. The van der Waals surface area contributed by atoms with Crippen LogP contribution in [0.5, 0.6) is 5.75 Å². The molecule has 1 aromatic rings. The van der Waals surface area contributed by atoms with Crippen molar-refractivity contribution in [1.29, 1.82) is 0 Å². The lowest BCUT2D eigenvalue weighted by molar-refractivity contribution is 0.0681. The van der Waals surface area contributed by atoms with Crippen molar-refractivity contribution in [2.75, 3.05) is 31.6 Å². The van der Waals surface area contributed by atoms with Crippen LogP contribution in [0, 0.1) is 6.92 Å². The Morgan fingerprint density at radius 2 is 2.17 bits per heavy atom. The Hall–Kier alpha value is -1.26. The Kier molecular flexibility index (Phi) is 4.95. The molecule has 3 saturated heterocycles. The van der Waals surface area contributed by atoms with Gasteiger partial charge in [0.15, 0.2) is 0 Å². The van der Waals surface area contributed by atoms with Gasteiger partial charge < -0.3 is 19.7 Å². The van der Waals surface area contributed by atoms with E-state index >= 15 is 0 Å². The molecule has 0 aliphatic carbocycles. The van der Waals surface area contributed by atoms with E-state index in [0.29, 0.717) is 12.6 Å². The molecule has 0 amide bonds. The first-order chi connectivity index (χ1) is 11.8. The molecule has 1 aromatic carbocycles. The quantitative estimate of drug-likeness (QED) is 0.894. The van der Waals surface area contributed by atoms with Crippen LogP contribution in [0.15, 0.2) is 18.2 Å². The number of aryl methyl sites for hydroxylation is 1. The summed E-state index contributed by atoms with van der Waals surface area (Å²) in [6.07, 6.45) is 7.78. The van der Waals surface area contributed by atoms with Crippen molar-refractivity contribution in [2.45, 2.75) is 63.6 Å². The van der Waals surface area contributed by atoms with Gasteiger partial charge in [-0.1, -0.05) is 6.07 Å². The smallest absolute Gasteiger partial charge is 0.142 e. The molecule has 4 rings (SSSR count). The summed E-state index contributed by atoms with van der Waals surface area (Å²) in [5.74, 6) is 0.986. The predicted octanol–water partition coefficient (Wildman–Crippen LogP) is 3.59. The van der Waals surface area contributed by atoms with E-state index in [9.17, 15) is 0 Å². The summed E-state index contributed by atoms with van der Waals surface area (Å²) in [4.78, 5) is 2.67. The molecule has 1 N–H and O–H groups in total. The molecule has 132 valence electrons. The van der Waals surface area contributed by atoms with E-state index in [-0.39, 0.29) is 6.10 Å². The van der Waals surface area contributed by atoms with Crippen molar-refractivity contribution < 1.29 is 9.47 Å². The second kappa shape index (κ2) is 7.32. The topological polar surface area (TPSA) is 33.7 Å². The highest BCUT2D eigenvalue weighted by atomic mass is 16.5. The van der Waals surface area contributed by atoms with E-state index in [2.05, 4.69) is 35.3 Å². The number of benzene rings is 1. The van der Waals surface area contributed by atoms with E-state index in [1.165, 1.54) is 44.3 Å². The van der Waals surface area contributed by atoms with Crippen molar-refractivity contribution in [3.63, 3.8) is 0 Å². The molecular weight excluding hydrogens is 300 g/mol. The normalized spacial score (nSPS) is 30.3. The number of anilines is 1. The first-order valence-corrected chi connectivity index (χ1v) is 9.63. The molecule has 3 heterocycles. The number of nitrogens with zero attached hydrogens (tertiary/aromatic N) is 1. The summed E-state index contributed by atoms with van der Waals surface area (Å²) in [5.41, 5.74) is 2.39. The summed E-state index contributed by atoms with van der Waals surface area (Å²) >= 11 is 0. The van der Waals surface area contributed by atoms with Crippen LogP contribution in [0.3, 0.4) is 0 Å². The molecule has 3 aliphatic rings. The molecule has 0 unspecified atom stereocenters. The predicted molar refractivity (Wildman–Crippen MR) is 96.9 cm³/mol. The van der Waals surface area contributed by atoms with E-state index in [4.69, 9.17) is 9.47 Å². The number of piperidine rings is 1. The Bertz CT molecular complexity index is 557. The van der Waals surface area contributed by atoms with Crippen LogP contribution >= 0.6 is 0 Å². The summed E-state index contributed by atoms with van der Waals surface area (Å²) in [5, 5.41) is 3.77. The van der Waals surface area contributed by atoms with Gasteiger partial charge in [0, 0.05) is 25.2 Å². The lowest BCUT2D eigenvalue weighted by Crippen LogP contribution is -2.42. The van der Waals surface area contributed by atoms with Gasteiger partial charge in [0.1, 0.15) is 12.4 Å².